The van der Waals surface area contributed by atoms with E-state index in [1.54, 1.807) is 11.8 Å². The van der Waals surface area contributed by atoms with Crippen LogP contribution in [0.3, 0.4) is 0 Å². The van der Waals surface area contributed by atoms with E-state index in [4.69, 9.17) is 9.72 Å². The van der Waals surface area contributed by atoms with Crippen molar-refractivity contribution in [3.63, 3.8) is 0 Å². The molecule has 1 N–H and O–H groups in total. The molecule has 144 valence electrons. The van der Waals surface area contributed by atoms with E-state index >= 15 is 0 Å². The number of rotatable bonds is 7. The summed E-state index contributed by atoms with van der Waals surface area (Å²) in [6, 6.07) is 15.9. The smallest absolute Gasteiger partial charge is 0.181 e. The first-order chi connectivity index (χ1) is 12.6. The molecule has 1 aromatic heterocycles. The van der Waals surface area contributed by atoms with Gasteiger partial charge in [-0.15, -0.1) is 12.4 Å². The number of hydrogen-bond acceptors (Lipinski definition) is 5. The van der Waals surface area contributed by atoms with Crippen LogP contribution >= 0.6 is 12.4 Å². The molecule has 2 aromatic carbocycles. The summed E-state index contributed by atoms with van der Waals surface area (Å²) in [6.45, 7) is 1.26. The SMILES string of the molecule is COc1ccc(-c2nc(-c3cccc(CN(C)C)c3)n(CCO)n2)cc1.Cl. The second kappa shape index (κ2) is 9.50. The first kappa shape index (κ1) is 20.9. The Kier molecular flexibility index (Phi) is 7.36. The van der Waals surface area contributed by atoms with E-state index < -0.39 is 0 Å². The molecule has 3 aromatic rings. The fourth-order valence-electron chi connectivity index (χ4n) is 2.84. The first-order valence-electron chi connectivity index (χ1n) is 8.55. The summed E-state index contributed by atoms with van der Waals surface area (Å²) in [5, 5.41) is 14.0. The van der Waals surface area contributed by atoms with E-state index in [2.05, 4.69) is 22.1 Å². The lowest BCUT2D eigenvalue weighted by molar-refractivity contribution is 0.270. The molecule has 0 aliphatic heterocycles. The highest BCUT2D eigenvalue weighted by molar-refractivity contribution is 5.85. The van der Waals surface area contributed by atoms with Crippen molar-refractivity contribution in [3.8, 4) is 28.5 Å². The van der Waals surface area contributed by atoms with Gasteiger partial charge in [0, 0.05) is 17.7 Å². The maximum atomic E-state index is 9.40. The molecule has 0 saturated carbocycles. The molecule has 0 saturated heterocycles. The van der Waals surface area contributed by atoms with E-state index in [-0.39, 0.29) is 19.0 Å². The normalized spacial score (nSPS) is 10.7. The van der Waals surface area contributed by atoms with Gasteiger partial charge in [-0.25, -0.2) is 9.67 Å². The maximum absolute atomic E-state index is 9.40. The van der Waals surface area contributed by atoms with Crippen LogP contribution in [0.4, 0.5) is 0 Å². The molecule has 0 aliphatic carbocycles. The Morgan fingerprint density at radius 1 is 1.07 bits per heavy atom. The third-order valence-electron chi connectivity index (χ3n) is 4.02. The highest BCUT2D eigenvalue weighted by atomic mass is 35.5. The van der Waals surface area contributed by atoms with Crippen LogP contribution in [0, 0.1) is 0 Å². The van der Waals surface area contributed by atoms with Crippen LogP contribution in [0.25, 0.3) is 22.8 Å². The van der Waals surface area contributed by atoms with Gasteiger partial charge < -0.3 is 14.7 Å². The van der Waals surface area contributed by atoms with Crippen LogP contribution in [0.15, 0.2) is 48.5 Å². The van der Waals surface area contributed by atoms with E-state index in [0.29, 0.717) is 12.4 Å². The lowest BCUT2D eigenvalue weighted by Crippen LogP contribution is -2.11. The lowest BCUT2D eigenvalue weighted by Gasteiger charge is -2.11. The van der Waals surface area contributed by atoms with Gasteiger partial charge in [0.05, 0.1) is 20.3 Å². The highest BCUT2D eigenvalue weighted by Crippen LogP contribution is 2.25. The van der Waals surface area contributed by atoms with Crippen molar-refractivity contribution in [2.24, 2.45) is 0 Å². The average molecular weight is 389 g/mol. The van der Waals surface area contributed by atoms with Crippen LogP contribution in [-0.2, 0) is 13.1 Å². The Hall–Kier alpha value is -2.41. The molecule has 7 heteroatoms. The summed E-state index contributed by atoms with van der Waals surface area (Å²) in [5.41, 5.74) is 3.11. The van der Waals surface area contributed by atoms with Crippen LogP contribution in [0.5, 0.6) is 5.75 Å². The molecule has 0 atom stereocenters. The standard InChI is InChI=1S/C20H24N4O2.ClH/c1-23(2)14-15-5-4-6-17(13-15)20-21-19(22-24(20)11-12-25)16-7-9-18(26-3)10-8-16;/h4-10,13,25H,11-12,14H2,1-3H3;1H. The zero-order chi connectivity index (χ0) is 18.5. The van der Waals surface area contributed by atoms with Crippen LogP contribution < -0.4 is 4.74 Å². The van der Waals surface area contributed by atoms with Crippen molar-refractivity contribution in [2.45, 2.75) is 13.1 Å². The molecule has 3 rings (SSSR count). The second-order valence-corrected chi connectivity index (χ2v) is 6.37. The van der Waals surface area contributed by atoms with E-state index in [0.717, 1.165) is 29.2 Å². The summed E-state index contributed by atoms with van der Waals surface area (Å²) in [6.07, 6.45) is 0. The predicted octanol–water partition coefficient (Wildman–Crippen LogP) is 3.10. The summed E-state index contributed by atoms with van der Waals surface area (Å²) in [4.78, 5) is 6.86. The number of aliphatic hydroxyl groups excluding tert-OH is 1. The molecule has 1 heterocycles. The van der Waals surface area contributed by atoms with E-state index in [1.807, 2.05) is 50.5 Å². The van der Waals surface area contributed by atoms with E-state index in [1.165, 1.54) is 5.56 Å². The van der Waals surface area contributed by atoms with Gasteiger partial charge in [-0.05, 0) is 50.0 Å². The largest absolute Gasteiger partial charge is 0.497 e. The molecule has 0 unspecified atom stereocenters. The molecule has 0 fully saturated rings. The number of nitrogens with zero attached hydrogens (tertiary/aromatic N) is 4. The number of halogens is 1. The Bertz CT molecular complexity index is 863. The zero-order valence-corrected chi connectivity index (χ0v) is 16.6. The zero-order valence-electron chi connectivity index (χ0n) is 15.8. The van der Waals surface area contributed by atoms with Gasteiger partial charge in [-0.1, -0.05) is 18.2 Å². The Balaban J connectivity index is 0.00000261. The molecule has 0 bridgehead atoms. The van der Waals surface area contributed by atoms with Crippen molar-refractivity contribution < 1.29 is 9.84 Å². The number of methoxy groups -OCH3 is 1. The van der Waals surface area contributed by atoms with Crippen LogP contribution in [-0.4, -0.2) is 52.6 Å². The minimum Gasteiger partial charge on any atom is -0.497 e. The second-order valence-electron chi connectivity index (χ2n) is 6.37. The van der Waals surface area contributed by atoms with Gasteiger partial charge in [0.15, 0.2) is 11.6 Å². The highest BCUT2D eigenvalue weighted by Gasteiger charge is 2.14. The number of benzene rings is 2. The van der Waals surface area contributed by atoms with Crippen molar-refractivity contribution in [1.82, 2.24) is 19.7 Å². The molecule has 0 amide bonds. The van der Waals surface area contributed by atoms with Gasteiger partial charge in [-0.2, -0.15) is 5.10 Å². The Morgan fingerprint density at radius 3 is 2.44 bits per heavy atom. The Labute approximate surface area is 165 Å². The van der Waals surface area contributed by atoms with Gasteiger partial charge in [0.1, 0.15) is 5.75 Å². The van der Waals surface area contributed by atoms with E-state index in [9.17, 15) is 5.11 Å². The lowest BCUT2D eigenvalue weighted by atomic mass is 10.1. The van der Waals surface area contributed by atoms with Crippen molar-refractivity contribution in [3.05, 3.63) is 54.1 Å². The van der Waals surface area contributed by atoms with Gasteiger partial charge in [-0.3, -0.25) is 0 Å². The molecular formula is C20H25ClN4O2. The quantitative estimate of drug-likeness (QED) is 0.673. The minimum absolute atomic E-state index is 0. The molecule has 0 spiro atoms. The monoisotopic (exact) mass is 388 g/mol. The maximum Gasteiger partial charge on any atom is 0.181 e. The number of aliphatic hydroxyl groups is 1. The summed E-state index contributed by atoms with van der Waals surface area (Å²) >= 11 is 0. The number of hydrogen-bond donors (Lipinski definition) is 1. The molecular weight excluding hydrogens is 364 g/mol. The predicted molar refractivity (Wildman–Crippen MR) is 109 cm³/mol. The summed E-state index contributed by atoms with van der Waals surface area (Å²) in [7, 11) is 5.73. The third kappa shape index (κ3) is 5.07. The number of ether oxygens (including phenoxy) is 1. The van der Waals surface area contributed by atoms with Gasteiger partial charge in [0.2, 0.25) is 0 Å². The molecule has 0 radical (unpaired) electrons. The topological polar surface area (TPSA) is 63.4 Å². The fourth-order valence-corrected chi connectivity index (χ4v) is 2.84. The minimum atomic E-state index is 0. The Morgan fingerprint density at radius 2 is 1.81 bits per heavy atom. The van der Waals surface area contributed by atoms with Crippen molar-refractivity contribution in [1.29, 1.82) is 0 Å². The van der Waals surface area contributed by atoms with Crippen molar-refractivity contribution >= 4 is 12.4 Å². The van der Waals surface area contributed by atoms with Gasteiger partial charge in [0.25, 0.3) is 0 Å². The molecule has 27 heavy (non-hydrogen) atoms. The van der Waals surface area contributed by atoms with Crippen molar-refractivity contribution in [2.75, 3.05) is 27.8 Å². The number of aromatic nitrogens is 3. The average Bonchev–Trinajstić information content (AvgIpc) is 3.06. The molecule has 6 nitrogen and oxygen atoms in total. The summed E-state index contributed by atoms with van der Waals surface area (Å²) in [5.74, 6) is 2.18. The van der Waals surface area contributed by atoms with Crippen LogP contribution in [0.2, 0.25) is 0 Å². The first-order valence-corrected chi connectivity index (χ1v) is 8.55. The van der Waals surface area contributed by atoms with Crippen LogP contribution in [0.1, 0.15) is 5.56 Å². The summed E-state index contributed by atoms with van der Waals surface area (Å²) < 4.78 is 6.96. The fraction of sp³-hybridized carbons (Fsp3) is 0.300. The molecule has 0 aliphatic rings. The van der Waals surface area contributed by atoms with Gasteiger partial charge >= 0.3 is 0 Å². The third-order valence-corrected chi connectivity index (χ3v) is 4.02.